The van der Waals surface area contributed by atoms with Crippen LogP contribution in [0.2, 0.25) is 0 Å². The largest absolute Gasteiger partial charge is 0.468 e. The van der Waals surface area contributed by atoms with Crippen LogP contribution in [0.5, 0.6) is 0 Å². The summed E-state index contributed by atoms with van der Waals surface area (Å²) >= 11 is 0. The van der Waals surface area contributed by atoms with Gasteiger partial charge in [-0.05, 0) is 30.4 Å². The summed E-state index contributed by atoms with van der Waals surface area (Å²) in [5.74, 6) is 0.403. The number of nitrogens with one attached hydrogen (secondary N) is 1. The Morgan fingerprint density at radius 2 is 1.83 bits per heavy atom. The summed E-state index contributed by atoms with van der Waals surface area (Å²) in [6.07, 6.45) is 6.82. The molecular formula is C22H27N3O5. The van der Waals surface area contributed by atoms with Crippen molar-refractivity contribution in [2.75, 3.05) is 39.4 Å². The average Bonchev–Trinajstić information content (AvgIpc) is 3.54. The Morgan fingerprint density at radius 1 is 1.13 bits per heavy atom. The zero-order valence-corrected chi connectivity index (χ0v) is 16.9. The van der Waals surface area contributed by atoms with E-state index >= 15 is 0 Å². The van der Waals surface area contributed by atoms with Gasteiger partial charge in [0.2, 0.25) is 17.7 Å². The molecule has 0 aromatic carbocycles. The topological polar surface area (TPSA) is 92.1 Å². The zero-order chi connectivity index (χ0) is 20.7. The number of imide groups is 1. The molecule has 0 unspecified atom stereocenters. The molecule has 1 N–H and O–H groups in total. The van der Waals surface area contributed by atoms with E-state index in [2.05, 4.69) is 22.4 Å². The van der Waals surface area contributed by atoms with Crippen LogP contribution < -0.4 is 5.32 Å². The Hall–Kier alpha value is -2.45. The van der Waals surface area contributed by atoms with Crippen molar-refractivity contribution < 1.29 is 23.5 Å². The van der Waals surface area contributed by atoms with E-state index in [4.69, 9.17) is 9.15 Å². The van der Waals surface area contributed by atoms with Crippen LogP contribution in [0.4, 0.5) is 0 Å². The molecule has 1 aromatic heterocycles. The number of fused-ring (bicyclic) bond motifs is 5. The molecule has 2 aliphatic carbocycles. The van der Waals surface area contributed by atoms with Crippen LogP contribution >= 0.6 is 0 Å². The van der Waals surface area contributed by atoms with Crippen molar-refractivity contribution in [3.05, 3.63) is 36.3 Å². The van der Waals surface area contributed by atoms with Crippen LogP contribution in [-0.4, -0.2) is 66.9 Å². The smallest absolute Gasteiger partial charge is 0.233 e. The van der Waals surface area contributed by atoms with E-state index in [1.165, 1.54) is 4.90 Å². The fourth-order valence-electron chi connectivity index (χ4n) is 5.48. The molecule has 2 bridgehead atoms. The van der Waals surface area contributed by atoms with Crippen molar-refractivity contribution in [3.63, 3.8) is 0 Å². The number of hydrogen-bond acceptors (Lipinski definition) is 6. The third kappa shape index (κ3) is 3.37. The van der Waals surface area contributed by atoms with Gasteiger partial charge in [-0.25, -0.2) is 0 Å². The van der Waals surface area contributed by atoms with Crippen molar-refractivity contribution in [1.82, 2.24) is 15.1 Å². The summed E-state index contributed by atoms with van der Waals surface area (Å²) < 4.78 is 11.0. The lowest BCUT2D eigenvalue weighted by Crippen LogP contribution is -2.44. The minimum absolute atomic E-state index is 0.0658. The van der Waals surface area contributed by atoms with Gasteiger partial charge in [0, 0.05) is 32.6 Å². The number of allylic oxidation sites excluding steroid dienone is 2. The maximum Gasteiger partial charge on any atom is 0.233 e. The molecule has 160 valence electrons. The molecule has 1 saturated carbocycles. The molecule has 30 heavy (non-hydrogen) atoms. The number of ether oxygens (including phenoxy) is 1. The number of rotatable bonds is 7. The zero-order valence-electron chi connectivity index (χ0n) is 16.9. The highest BCUT2D eigenvalue weighted by Crippen LogP contribution is 2.52. The predicted molar refractivity (Wildman–Crippen MR) is 106 cm³/mol. The van der Waals surface area contributed by atoms with E-state index in [0.29, 0.717) is 19.8 Å². The van der Waals surface area contributed by atoms with E-state index in [0.717, 1.165) is 25.3 Å². The van der Waals surface area contributed by atoms with Gasteiger partial charge in [0.1, 0.15) is 5.76 Å². The Bertz CT molecular complexity index is 815. The van der Waals surface area contributed by atoms with E-state index in [1.807, 2.05) is 12.1 Å². The van der Waals surface area contributed by atoms with Crippen LogP contribution in [0.1, 0.15) is 24.6 Å². The van der Waals surface area contributed by atoms with Crippen LogP contribution in [0.3, 0.4) is 0 Å². The maximum atomic E-state index is 12.7. The first-order chi connectivity index (χ1) is 14.6. The fraction of sp³-hybridized carbons (Fsp3) is 0.591. The summed E-state index contributed by atoms with van der Waals surface area (Å²) in [5, 5.41) is 2.96. The van der Waals surface area contributed by atoms with Gasteiger partial charge in [-0.15, -0.1) is 0 Å². The molecule has 2 aliphatic heterocycles. The van der Waals surface area contributed by atoms with Gasteiger partial charge in [0.05, 0.1) is 37.4 Å². The van der Waals surface area contributed by atoms with Gasteiger partial charge < -0.3 is 14.5 Å². The van der Waals surface area contributed by atoms with Gasteiger partial charge in [-0.1, -0.05) is 12.2 Å². The van der Waals surface area contributed by atoms with Gasteiger partial charge in [-0.2, -0.15) is 0 Å². The van der Waals surface area contributed by atoms with Crippen molar-refractivity contribution in [1.29, 1.82) is 0 Å². The molecule has 0 spiro atoms. The second-order valence-electron chi connectivity index (χ2n) is 8.56. The van der Waals surface area contributed by atoms with E-state index in [-0.39, 0.29) is 60.4 Å². The second-order valence-corrected chi connectivity index (χ2v) is 8.56. The Morgan fingerprint density at radius 3 is 2.47 bits per heavy atom. The molecule has 8 nitrogen and oxygen atoms in total. The van der Waals surface area contributed by atoms with Crippen LogP contribution in [0.25, 0.3) is 0 Å². The lowest BCUT2D eigenvalue weighted by atomic mass is 9.85. The standard InChI is InChI=1S/C22H27N3O5/c26-18(23-13-16(17-2-1-9-30-17)24-7-10-29-11-8-24)5-6-25-21(27)19-14-3-4-15(12-14)20(19)22(25)28/h1-4,9,14-16,19-20H,5-8,10-13H2,(H,23,26)/t14-,15-,16+,19+,20+/m0/s1. The molecule has 8 heteroatoms. The third-order valence-electron chi connectivity index (χ3n) is 6.97. The number of morpholine rings is 1. The monoisotopic (exact) mass is 413 g/mol. The summed E-state index contributed by atoms with van der Waals surface area (Å²) in [5.41, 5.74) is 0. The Kier molecular flexibility index (Phi) is 5.20. The molecule has 1 aromatic rings. The fourth-order valence-corrected chi connectivity index (χ4v) is 5.48. The lowest BCUT2D eigenvalue weighted by Gasteiger charge is -2.33. The Labute approximate surface area is 175 Å². The van der Waals surface area contributed by atoms with E-state index in [9.17, 15) is 14.4 Å². The molecule has 0 radical (unpaired) electrons. The SMILES string of the molecule is O=C(CCN1C(=O)[C@H]2[C@H](C1=O)[C@H]1C=C[C@H]2C1)NC[C@H](c1ccco1)N1CCOCC1. The highest BCUT2D eigenvalue weighted by molar-refractivity contribution is 6.06. The van der Waals surface area contributed by atoms with Gasteiger partial charge in [0.25, 0.3) is 0 Å². The number of carbonyl (C=O) groups is 3. The van der Waals surface area contributed by atoms with Crippen LogP contribution in [0.15, 0.2) is 35.0 Å². The quantitative estimate of drug-likeness (QED) is 0.529. The first kappa shape index (κ1) is 19.5. The molecule has 3 fully saturated rings. The first-order valence-electron chi connectivity index (χ1n) is 10.8. The van der Waals surface area contributed by atoms with Gasteiger partial charge in [0.15, 0.2) is 0 Å². The van der Waals surface area contributed by atoms with E-state index in [1.54, 1.807) is 6.26 Å². The minimum Gasteiger partial charge on any atom is -0.468 e. The predicted octanol–water partition coefficient (Wildman–Crippen LogP) is 0.966. The maximum absolute atomic E-state index is 12.7. The third-order valence-corrected chi connectivity index (χ3v) is 6.97. The summed E-state index contributed by atoms with van der Waals surface area (Å²) in [6.45, 7) is 3.42. The average molecular weight is 413 g/mol. The molecule has 5 rings (SSSR count). The van der Waals surface area contributed by atoms with Crippen molar-refractivity contribution in [3.8, 4) is 0 Å². The molecule has 4 aliphatic rings. The van der Waals surface area contributed by atoms with Crippen molar-refractivity contribution in [2.24, 2.45) is 23.7 Å². The van der Waals surface area contributed by atoms with Gasteiger partial charge >= 0.3 is 0 Å². The number of carbonyl (C=O) groups excluding carboxylic acids is 3. The first-order valence-corrected chi connectivity index (χ1v) is 10.8. The van der Waals surface area contributed by atoms with E-state index < -0.39 is 0 Å². The van der Waals surface area contributed by atoms with Gasteiger partial charge in [-0.3, -0.25) is 24.2 Å². The molecular weight excluding hydrogens is 386 g/mol. The number of furan rings is 1. The Balaban J connectivity index is 1.15. The van der Waals surface area contributed by atoms with Crippen LogP contribution in [-0.2, 0) is 19.1 Å². The lowest BCUT2D eigenvalue weighted by molar-refractivity contribution is -0.141. The minimum atomic E-state index is -0.208. The summed E-state index contributed by atoms with van der Waals surface area (Å²) in [4.78, 5) is 41.5. The normalized spacial score (nSPS) is 31.4. The number of hydrogen-bond donors (Lipinski definition) is 1. The molecule has 2 saturated heterocycles. The highest BCUT2D eigenvalue weighted by Gasteiger charge is 2.59. The summed E-state index contributed by atoms with van der Waals surface area (Å²) in [6, 6.07) is 3.69. The molecule has 5 atom stereocenters. The molecule has 3 amide bonds. The van der Waals surface area contributed by atoms with Crippen molar-refractivity contribution >= 4 is 17.7 Å². The highest BCUT2D eigenvalue weighted by atomic mass is 16.5. The number of likely N-dealkylation sites (tertiary alicyclic amines) is 1. The van der Waals surface area contributed by atoms with Crippen molar-refractivity contribution in [2.45, 2.75) is 18.9 Å². The number of nitrogens with zero attached hydrogens (tertiary/aromatic N) is 2. The summed E-state index contributed by atoms with van der Waals surface area (Å²) in [7, 11) is 0. The molecule has 3 heterocycles. The number of amides is 3. The van der Waals surface area contributed by atoms with Crippen LogP contribution in [0, 0.1) is 23.7 Å². The second kappa shape index (κ2) is 8.00.